The highest BCUT2D eigenvalue weighted by atomic mass is 31.2. The van der Waals surface area contributed by atoms with E-state index in [1.165, 1.54) is 77.0 Å². The Balaban J connectivity index is 4.15. The van der Waals surface area contributed by atoms with E-state index in [4.69, 9.17) is 18.5 Å². The van der Waals surface area contributed by atoms with Gasteiger partial charge in [-0.3, -0.25) is 14.2 Å². The SMILES string of the molecule is CCCCCCCCCCCCCCCCCC(=O)OC(COC(=O)CCC)COP(=O)([O-])OCC[N+](C)(C)C. The van der Waals surface area contributed by atoms with Crippen LogP contribution in [0.5, 0.6) is 0 Å². The summed E-state index contributed by atoms with van der Waals surface area (Å²) in [5.74, 6) is -0.892. The Bertz CT molecular complexity index is 683. The lowest BCUT2D eigenvalue weighted by molar-refractivity contribution is -0.870. The van der Waals surface area contributed by atoms with Gasteiger partial charge < -0.3 is 27.9 Å². The largest absolute Gasteiger partial charge is 0.756 e. The Morgan fingerprint density at radius 3 is 1.65 bits per heavy atom. The maximum Gasteiger partial charge on any atom is 0.306 e. The average Bonchev–Trinajstić information content (AvgIpc) is 2.87. The van der Waals surface area contributed by atoms with Gasteiger partial charge in [-0.05, 0) is 12.8 Å². The minimum absolute atomic E-state index is 0.0284. The lowest BCUT2D eigenvalue weighted by atomic mass is 10.0. The molecular formula is C30H60NO8P. The number of quaternary nitrogens is 1. The highest BCUT2D eigenvalue weighted by Gasteiger charge is 2.21. The zero-order valence-electron chi connectivity index (χ0n) is 26.3. The summed E-state index contributed by atoms with van der Waals surface area (Å²) in [6.45, 7) is 3.82. The molecule has 0 bridgehead atoms. The summed E-state index contributed by atoms with van der Waals surface area (Å²) in [4.78, 5) is 36.2. The Morgan fingerprint density at radius 2 is 1.18 bits per heavy atom. The van der Waals surface area contributed by atoms with Crippen LogP contribution in [0.3, 0.4) is 0 Å². The summed E-state index contributed by atoms with van der Waals surface area (Å²) < 4.78 is 33.0. The molecule has 0 aliphatic rings. The summed E-state index contributed by atoms with van der Waals surface area (Å²) in [7, 11) is 1.17. The number of unbranched alkanes of at least 4 members (excludes halogenated alkanes) is 14. The van der Waals surface area contributed by atoms with E-state index in [1.807, 2.05) is 28.1 Å². The molecule has 40 heavy (non-hydrogen) atoms. The fraction of sp³-hybridized carbons (Fsp3) is 0.933. The van der Waals surface area contributed by atoms with Crippen molar-refractivity contribution in [2.24, 2.45) is 0 Å². The van der Waals surface area contributed by atoms with Gasteiger partial charge in [0.2, 0.25) is 0 Å². The van der Waals surface area contributed by atoms with Crippen LogP contribution in [0.25, 0.3) is 0 Å². The highest BCUT2D eigenvalue weighted by Crippen LogP contribution is 2.38. The second-order valence-electron chi connectivity index (χ2n) is 11.8. The topological polar surface area (TPSA) is 111 Å². The predicted octanol–water partition coefficient (Wildman–Crippen LogP) is 6.71. The first kappa shape index (κ1) is 39.0. The molecule has 0 N–H and O–H groups in total. The van der Waals surface area contributed by atoms with Crippen LogP contribution in [0.15, 0.2) is 0 Å². The predicted molar refractivity (Wildman–Crippen MR) is 158 cm³/mol. The smallest absolute Gasteiger partial charge is 0.306 e. The van der Waals surface area contributed by atoms with Crippen molar-refractivity contribution in [3.05, 3.63) is 0 Å². The third kappa shape index (κ3) is 27.2. The summed E-state index contributed by atoms with van der Waals surface area (Å²) >= 11 is 0. The van der Waals surface area contributed by atoms with E-state index in [-0.39, 0.29) is 26.1 Å². The minimum atomic E-state index is -4.58. The van der Waals surface area contributed by atoms with Crippen LogP contribution in [0.4, 0.5) is 0 Å². The van der Waals surface area contributed by atoms with E-state index in [0.717, 1.165) is 12.8 Å². The number of rotatable bonds is 28. The van der Waals surface area contributed by atoms with Crippen LogP contribution >= 0.6 is 7.82 Å². The average molecular weight is 594 g/mol. The molecule has 0 radical (unpaired) electrons. The van der Waals surface area contributed by atoms with Gasteiger partial charge in [0.25, 0.3) is 7.82 Å². The third-order valence-corrected chi connectivity index (χ3v) is 7.56. The molecule has 0 saturated carbocycles. The molecule has 0 rings (SSSR count). The zero-order chi connectivity index (χ0) is 30.1. The minimum Gasteiger partial charge on any atom is -0.756 e. The van der Waals surface area contributed by atoms with Crippen molar-refractivity contribution >= 4 is 19.8 Å². The Kier molecular flexibility index (Phi) is 24.0. The molecule has 0 heterocycles. The molecule has 0 fully saturated rings. The standard InChI is InChI=1S/C30H60NO8P/c1-6-8-9-10-11-12-13-14-15-16-17-18-19-20-21-23-30(33)39-28(26-36-29(32)22-7-2)27-38-40(34,35)37-25-24-31(3,4)5/h28H,6-27H2,1-5H3. The number of esters is 2. The zero-order valence-corrected chi connectivity index (χ0v) is 27.2. The van der Waals surface area contributed by atoms with Gasteiger partial charge in [-0.2, -0.15) is 0 Å². The van der Waals surface area contributed by atoms with Crippen molar-refractivity contribution < 1.29 is 42.1 Å². The molecule has 0 aliphatic carbocycles. The van der Waals surface area contributed by atoms with Crippen LogP contribution in [-0.2, 0) is 32.7 Å². The van der Waals surface area contributed by atoms with Crippen molar-refractivity contribution in [1.29, 1.82) is 0 Å². The van der Waals surface area contributed by atoms with Crippen molar-refractivity contribution in [3.8, 4) is 0 Å². The van der Waals surface area contributed by atoms with Crippen LogP contribution in [0.1, 0.15) is 129 Å². The number of carbonyl (C=O) groups excluding carboxylic acids is 2. The fourth-order valence-corrected chi connectivity index (χ4v) is 4.83. The summed E-state index contributed by atoms with van der Waals surface area (Å²) in [5.41, 5.74) is 0. The first-order chi connectivity index (χ1) is 19.0. The molecule has 2 atom stereocenters. The Hall–Kier alpha value is -0.990. The van der Waals surface area contributed by atoms with E-state index in [0.29, 0.717) is 23.9 Å². The van der Waals surface area contributed by atoms with Crippen LogP contribution in [-0.4, -0.2) is 70.0 Å². The quantitative estimate of drug-likeness (QED) is 0.0426. The maximum absolute atomic E-state index is 12.4. The van der Waals surface area contributed by atoms with E-state index in [1.54, 1.807) is 0 Å². The summed E-state index contributed by atoms with van der Waals surface area (Å²) in [6.07, 6.45) is 18.7. The monoisotopic (exact) mass is 593 g/mol. The first-order valence-electron chi connectivity index (χ1n) is 15.7. The number of hydrogen-bond acceptors (Lipinski definition) is 8. The van der Waals surface area contributed by atoms with Crippen molar-refractivity contribution in [3.63, 3.8) is 0 Å². The van der Waals surface area contributed by atoms with E-state index in [9.17, 15) is 19.0 Å². The molecule has 0 aromatic rings. The Morgan fingerprint density at radius 1 is 0.675 bits per heavy atom. The van der Waals surface area contributed by atoms with Gasteiger partial charge in [-0.15, -0.1) is 0 Å². The molecule has 0 saturated heterocycles. The van der Waals surface area contributed by atoms with Crippen LogP contribution in [0.2, 0.25) is 0 Å². The Labute approximate surface area is 244 Å². The van der Waals surface area contributed by atoms with Crippen molar-refractivity contribution in [1.82, 2.24) is 0 Å². The summed E-state index contributed by atoms with van der Waals surface area (Å²) in [6, 6.07) is 0. The molecule has 0 aromatic heterocycles. The molecule has 0 aliphatic heterocycles. The maximum atomic E-state index is 12.4. The molecule has 10 heteroatoms. The molecule has 9 nitrogen and oxygen atoms in total. The second kappa shape index (κ2) is 24.6. The number of likely N-dealkylation sites (N-methyl/N-ethyl adjacent to an activating group) is 1. The lowest BCUT2D eigenvalue weighted by Crippen LogP contribution is -2.37. The van der Waals surface area contributed by atoms with Gasteiger partial charge in [-0.1, -0.05) is 104 Å². The molecule has 0 spiro atoms. The fourth-order valence-electron chi connectivity index (χ4n) is 4.10. The van der Waals surface area contributed by atoms with Crippen LogP contribution in [0, 0.1) is 0 Å². The number of nitrogens with zero attached hydrogens (tertiary/aromatic N) is 1. The van der Waals surface area contributed by atoms with E-state index < -0.39 is 32.5 Å². The molecular weight excluding hydrogens is 533 g/mol. The van der Waals surface area contributed by atoms with Gasteiger partial charge in [0.05, 0.1) is 27.7 Å². The lowest BCUT2D eigenvalue weighted by Gasteiger charge is -2.28. The van der Waals surface area contributed by atoms with E-state index >= 15 is 0 Å². The van der Waals surface area contributed by atoms with Gasteiger partial charge >= 0.3 is 11.9 Å². The molecule has 0 aromatic carbocycles. The molecule has 238 valence electrons. The molecule has 0 amide bonds. The summed E-state index contributed by atoms with van der Waals surface area (Å²) in [5, 5.41) is 0. The van der Waals surface area contributed by atoms with E-state index in [2.05, 4.69) is 6.92 Å². The number of ether oxygens (including phenoxy) is 2. The van der Waals surface area contributed by atoms with Gasteiger partial charge in [0.1, 0.15) is 19.8 Å². The number of carbonyl (C=O) groups is 2. The van der Waals surface area contributed by atoms with Gasteiger partial charge in [-0.25, -0.2) is 0 Å². The van der Waals surface area contributed by atoms with Crippen molar-refractivity contribution in [2.75, 3.05) is 47.5 Å². The van der Waals surface area contributed by atoms with Crippen molar-refractivity contribution in [2.45, 2.75) is 136 Å². The van der Waals surface area contributed by atoms with Gasteiger partial charge in [0.15, 0.2) is 6.10 Å². The van der Waals surface area contributed by atoms with Crippen LogP contribution < -0.4 is 4.89 Å². The number of phosphoric ester groups is 1. The number of phosphoric acid groups is 1. The number of hydrogen-bond donors (Lipinski definition) is 0. The van der Waals surface area contributed by atoms with Gasteiger partial charge in [0, 0.05) is 12.8 Å². The second-order valence-corrected chi connectivity index (χ2v) is 13.2. The molecule has 2 unspecified atom stereocenters. The first-order valence-corrected chi connectivity index (χ1v) is 17.2. The normalized spacial score (nSPS) is 14.1. The highest BCUT2D eigenvalue weighted by molar-refractivity contribution is 7.45. The third-order valence-electron chi connectivity index (χ3n) is 6.60.